The van der Waals surface area contributed by atoms with Crippen molar-refractivity contribution in [2.24, 2.45) is 0 Å². The highest BCUT2D eigenvalue weighted by Gasteiger charge is 2.30. The summed E-state index contributed by atoms with van der Waals surface area (Å²) in [6.07, 6.45) is 0.571. The van der Waals surface area contributed by atoms with Crippen LogP contribution in [0.25, 0.3) is 0 Å². The second-order valence-electron chi connectivity index (χ2n) is 3.79. The molecule has 16 heavy (non-hydrogen) atoms. The molecule has 0 bridgehead atoms. The fourth-order valence-corrected chi connectivity index (χ4v) is 1.58. The summed E-state index contributed by atoms with van der Waals surface area (Å²) in [6, 6.07) is 0. The molecule has 6 heteroatoms. The Morgan fingerprint density at radius 3 is 3.00 bits per heavy atom. The molecule has 2 unspecified atom stereocenters. The van der Waals surface area contributed by atoms with Crippen molar-refractivity contribution >= 4 is 5.82 Å². The van der Waals surface area contributed by atoms with Gasteiger partial charge in [0.2, 0.25) is 0 Å². The van der Waals surface area contributed by atoms with Crippen LogP contribution in [-0.2, 0) is 4.74 Å². The second kappa shape index (κ2) is 3.64. The smallest absolute Gasteiger partial charge is 0.352 e. The lowest BCUT2D eigenvalue weighted by Gasteiger charge is -2.13. The number of hydrogen-bond donors (Lipinski definition) is 2. The van der Waals surface area contributed by atoms with E-state index in [1.165, 1.54) is 4.57 Å². The molecule has 2 rings (SSSR count). The number of ether oxygens (including phenoxy) is 1. The Morgan fingerprint density at radius 1 is 1.75 bits per heavy atom. The van der Waals surface area contributed by atoms with Gasteiger partial charge >= 0.3 is 5.69 Å². The van der Waals surface area contributed by atoms with E-state index in [1.807, 2.05) is 0 Å². The number of aliphatic hydroxyl groups excluding tert-OH is 1. The van der Waals surface area contributed by atoms with Crippen LogP contribution in [0.3, 0.4) is 0 Å². The van der Waals surface area contributed by atoms with Crippen LogP contribution in [0.1, 0.15) is 18.2 Å². The zero-order chi connectivity index (χ0) is 11.9. The van der Waals surface area contributed by atoms with Crippen molar-refractivity contribution in [3.8, 4) is 0 Å². The molecule has 1 aliphatic heterocycles. The van der Waals surface area contributed by atoms with Crippen molar-refractivity contribution in [2.75, 3.05) is 5.73 Å². The maximum Gasteiger partial charge on any atom is 0.352 e. The first-order valence-electron chi connectivity index (χ1n) is 4.88. The molecule has 0 aromatic carbocycles. The largest absolute Gasteiger partial charge is 0.472 e. The number of nitrogen functional groups attached to an aromatic ring is 1. The Balaban J connectivity index is 2.39. The van der Waals surface area contributed by atoms with Gasteiger partial charge in [0.1, 0.15) is 17.7 Å². The van der Waals surface area contributed by atoms with Crippen LogP contribution in [0, 0.1) is 6.92 Å². The lowest BCUT2D eigenvalue weighted by molar-refractivity contribution is 0.0935. The molecular formula is C10H13N3O3. The standard InChI is InChI=1S/C10H13N3O3/c1-5-4-13(10(15)12-9(5)11)8-3-7(14)6(2)16-8/h4,7-8,14H,2-3H2,1H3,(H2,11,12,15). The maximum atomic E-state index is 11.6. The van der Waals surface area contributed by atoms with Gasteiger partial charge < -0.3 is 15.6 Å². The number of rotatable bonds is 1. The van der Waals surface area contributed by atoms with Crippen LogP contribution in [0.15, 0.2) is 23.3 Å². The van der Waals surface area contributed by atoms with Crippen molar-refractivity contribution in [2.45, 2.75) is 25.7 Å². The third-order valence-corrected chi connectivity index (χ3v) is 2.57. The zero-order valence-electron chi connectivity index (χ0n) is 8.88. The molecular weight excluding hydrogens is 210 g/mol. The Labute approximate surface area is 92.0 Å². The van der Waals surface area contributed by atoms with Crippen LogP contribution in [-0.4, -0.2) is 20.8 Å². The average molecular weight is 223 g/mol. The van der Waals surface area contributed by atoms with E-state index in [0.717, 1.165) is 0 Å². The van der Waals surface area contributed by atoms with E-state index in [0.29, 0.717) is 12.0 Å². The minimum atomic E-state index is -0.741. The number of aryl methyl sites for hydroxylation is 1. The Bertz CT molecular complexity index is 495. The molecule has 0 aliphatic carbocycles. The highest BCUT2D eigenvalue weighted by Crippen LogP contribution is 2.29. The fraction of sp³-hybridized carbons (Fsp3) is 0.400. The number of nitrogens with two attached hydrogens (primary N) is 1. The fourth-order valence-electron chi connectivity index (χ4n) is 1.58. The number of anilines is 1. The summed E-state index contributed by atoms with van der Waals surface area (Å²) in [4.78, 5) is 15.2. The quantitative estimate of drug-likeness (QED) is 0.695. The van der Waals surface area contributed by atoms with Gasteiger partial charge in [-0.2, -0.15) is 4.98 Å². The molecule has 0 saturated carbocycles. The van der Waals surface area contributed by atoms with Crippen molar-refractivity contribution in [3.63, 3.8) is 0 Å². The van der Waals surface area contributed by atoms with E-state index in [2.05, 4.69) is 11.6 Å². The van der Waals surface area contributed by atoms with Gasteiger partial charge in [0, 0.05) is 18.2 Å². The summed E-state index contributed by atoms with van der Waals surface area (Å²) in [5.74, 6) is 0.477. The highest BCUT2D eigenvalue weighted by atomic mass is 16.5. The van der Waals surface area contributed by atoms with E-state index in [-0.39, 0.29) is 11.6 Å². The summed E-state index contributed by atoms with van der Waals surface area (Å²) >= 11 is 0. The summed E-state index contributed by atoms with van der Waals surface area (Å²) in [7, 11) is 0. The third-order valence-electron chi connectivity index (χ3n) is 2.57. The molecule has 1 aromatic rings. The maximum absolute atomic E-state index is 11.6. The van der Waals surface area contributed by atoms with Gasteiger partial charge in [-0.1, -0.05) is 6.58 Å². The molecule has 3 N–H and O–H groups in total. The molecule has 1 saturated heterocycles. The van der Waals surface area contributed by atoms with Crippen LogP contribution in [0.2, 0.25) is 0 Å². The Hall–Kier alpha value is -1.82. The Kier molecular flexibility index (Phi) is 2.43. The number of aliphatic hydroxyl groups is 1. The van der Waals surface area contributed by atoms with Gasteiger partial charge in [-0.25, -0.2) is 4.79 Å². The van der Waals surface area contributed by atoms with Crippen molar-refractivity contribution in [3.05, 3.63) is 34.6 Å². The molecule has 1 aromatic heterocycles. The minimum absolute atomic E-state index is 0.207. The van der Waals surface area contributed by atoms with Gasteiger partial charge in [0.05, 0.1) is 0 Å². The molecule has 0 spiro atoms. The molecule has 0 amide bonds. The first-order chi connectivity index (χ1) is 7.49. The lowest BCUT2D eigenvalue weighted by atomic mass is 10.2. The third kappa shape index (κ3) is 1.67. The average Bonchev–Trinajstić information content (AvgIpc) is 2.53. The zero-order valence-corrected chi connectivity index (χ0v) is 8.88. The SMILES string of the molecule is C=C1OC(n2cc(C)c(N)nc2=O)CC1O. The van der Waals surface area contributed by atoms with Crippen molar-refractivity contribution in [1.29, 1.82) is 0 Å². The highest BCUT2D eigenvalue weighted by molar-refractivity contribution is 5.35. The van der Waals surface area contributed by atoms with Crippen LogP contribution in [0.5, 0.6) is 0 Å². The van der Waals surface area contributed by atoms with Gasteiger partial charge in [-0.3, -0.25) is 4.57 Å². The normalized spacial score (nSPS) is 24.5. The molecule has 6 nitrogen and oxygen atoms in total. The molecule has 1 fully saturated rings. The molecule has 2 heterocycles. The summed E-state index contributed by atoms with van der Waals surface area (Å²) < 4.78 is 6.59. The lowest BCUT2D eigenvalue weighted by Crippen LogP contribution is -2.28. The van der Waals surface area contributed by atoms with Crippen LogP contribution >= 0.6 is 0 Å². The van der Waals surface area contributed by atoms with E-state index in [4.69, 9.17) is 10.5 Å². The predicted molar refractivity (Wildman–Crippen MR) is 57.5 cm³/mol. The Morgan fingerprint density at radius 2 is 2.44 bits per heavy atom. The monoisotopic (exact) mass is 223 g/mol. The van der Waals surface area contributed by atoms with Crippen LogP contribution < -0.4 is 11.4 Å². The van der Waals surface area contributed by atoms with E-state index < -0.39 is 18.0 Å². The molecule has 2 atom stereocenters. The van der Waals surface area contributed by atoms with Crippen molar-refractivity contribution < 1.29 is 9.84 Å². The first kappa shape index (κ1) is 10.7. The van der Waals surface area contributed by atoms with E-state index >= 15 is 0 Å². The van der Waals surface area contributed by atoms with E-state index in [9.17, 15) is 9.90 Å². The summed E-state index contributed by atoms with van der Waals surface area (Å²) in [5, 5.41) is 9.46. The molecule has 86 valence electrons. The number of aromatic nitrogens is 2. The van der Waals surface area contributed by atoms with Gasteiger partial charge in [-0.05, 0) is 6.92 Å². The predicted octanol–water partition coefficient (Wildman–Crippen LogP) is -0.0726. The van der Waals surface area contributed by atoms with Crippen LogP contribution in [0.4, 0.5) is 5.82 Å². The van der Waals surface area contributed by atoms with Crippen molar-refractivity contribution in [1.82, 2.24) is 9.55 Å². The summed E-state index contributed by atoms with van der Waals surface area (Å²) in [5.41, 5.74) is 5.71. The first-order valence-corrected chi connectivity index (χ1v) is 4.88. The second-order valence-corrected chi connectivity index (χ2v) is 3.79. The number of nitrogens with zero attached hydrogens (tertiary/aromatic N) is 2. The minimum Gasteiger partial charge on any atom is -0.472 e. The van der Waals surface area contributed by atoms with Gasteiger partial charge in [0.25, 0.3) is 0 Å². The van der Waals surface area contributed by atoms with Gasteiger partial charge in [-0.15, -0.1) is 0 Å². The summed E-state index contributed by atoms with van der Waals surface area (Å²) in [6.45, 7) is 5.30. The van der Waals surface area contributed by atoms with Gasteiger partial charge in [0.15, 0.2) is 6.23 Å². The van der Waals surface area contributed by atoms with E-state index in [1.54, 1.807) is 13.1 Å². The molecule has 1 aliphatic rings. The number of hydrogen-bond acceptors (Lipinski definition) is 5. The molecule has 0 radical (unpaired) electrons. The topological polar surface area (TPSA) is 90.4 Å².